The van der Waals surface area contributed by atoms with Crippen LogP contribution in [0.4, 0.5) is 0 Å². The van der Waals surface area contributed by atoms with Crippen LogP contribution in [-0.2, 0) is 6.54 Å². The molecule has 0 radical (unpaired) electrons. The maximum Gasteiger partial charge on any atom is 0.159 e. The lowest BCUT2D eigenvalue weighted by atomic mass is 10.1. The summed E-state index contributed by atoms with van der Waals surface area (Å²) in [6.07, 6.45) is 0. The van der Waals surface area contributed by atoms with E-state index >= 15 is 0 Å². The Morgan fingerprint density at radius 1 is 1.06 bits per heavy atom. The van der Waals surface area contributed by atoms with E-state index in [0.717, 1.165) is 34.1 Å². The zero-order valence-electron chi connectivity index (χ0n) is 10.9. The summed E-state index contributed by atoms with van der Waals surface area (Å²) in [5.41, 5.74) is 9.56. The molecule has 18 heavy (non-hydrogen) atoms. The summed E-state index contributed by atoms with van der Waals surface area (Å²) < 4.78 is 5.13. The van der Waals surface area contributed by atoms with Crippen LogP contribution in [0.2, 0.25) is 0 Å². The molecule has 2 N–H and O–H groups in total. The van der Waals surface area contributed by atoms with E-state index in [0.29, 0.717) is 6.54 Å². The van der Waals surface area contributed by atoms with E-state index in [1.807, 2.05) is 38.1 Å². The molecule has 0 spiro atoms. The van der Waals surface area contributed by atoms with Crippen molar-refractivity contribution in [1.82, 2.24) is 9.97 Å². The smallest absolute Gasteiger partial charge is 0.159 e. The van der Waals surface area contributed by atoms with Crippen LogP contribution in [-0.4, -0.2) is 17.1 Å². The van der Waals surface area contributed by atoms with Crippen molar-refractivity contribution >= 4 is 0 Å². The molecule has 0 unspecified atom stereocenters. The molecular weight excluding hydrogens is 226 g/mol. The Morgan fingerprint density at radius 3 is 2.06 bits per heavy atom. The predicted octanol–water partition coefficient (Wildman–Crippen LogP) is 2.23. The highest BCUT2D eigenvalue weighted by Crippen LogP contribution is 2.21. The largest absolute Gasteiger partial charge is 0.497 e. The summed E-state index contributed by atoms with van der Waals surface area (Å²) in [6, 6.07) is 7.71. The van der Waals surface area contributed by atoms with Gasteiger partial charge in [-0.2, -0.15) is 0 Å². The number of rotatable bonds is 3. The fourth-order valence-electron chi connectivity index (χ4n) is 1.90. The van der Waals surface area contributed by atoms with Crippen LogP contribution < -0.4 is 10.5 Å². The quantitative estimate of drug-likeness (QED) is 0.898. The molecule has 1 heterocycles. The zero-order valence-corrected chi connectivity index (χ0v) is 10.9. The maximum absolute atomic E-state index is 5.68. The lowest BCUT2D eigenvalue weighted by Crippen LogP contribution is -2.07. The molecule has 1 aromatic heterocycles. The zero-order chi connectivity index (χ0) is 13.1. The van der Waals surface area contributed by atoms with E-state index in [-0.39, 0.29) is 0 Å². The molecule has 0 fully saturated rings. The molecule has 2 aromatic rings. The van der Waals surface area contributed by atoms with Crippen molar-refractivity contribution in [3.8, 4) is 17.1 Å². The summed E-state index contributed by atoms with van der Waals surface area (Å²) in [4.78, 5) is 9.00. The van der Waals surface area contributed by atoms with Crippen molar-refractivity contribution in [2.75, 3.05) is 7.11 Å². The van der Waals surface area contributed by atoms with Crippen molar-refractivity contribution in [3.05, 3.63) is 41.2 Å². The number of hydrogen-bond donors (Lipinski definition) is 1. The second-order valence-corrected chi connectivity index (χ2v) is 4.13. The average Bonchev–Trinajstić information content (AvgIpc) is 2.38. The van der Waals surface area contributed by atoms with Crippen LogP contribution in [0.1, 0.15) is 17.0 Å². The monoisotopic (exact) mass is 243 g/mol. The van der Waals surface area contributed by atoms with Crippen molar-refractivity contribution in [3.63, 3.8) is 0 Å². The first-order chi connectivity index (χ1) is 8.65. The van der Waals surface area contributed by atoms with Crippen LogP contribution in [0, 0.1) is 13.8 Å². The summed E-state index contributed by atoms with van der Waals surface area (Å²) in [6.45, 7) is 4.40. The Hall–Kier alpha value is -1.94. The Morgan fingerprint density at radius 2 is 1.61 bits per heavy atom. The molecule has 0 atom stereocenters. The normalized spacial score (nSPS) is 10.4. The number of benzene rings is 1. The van der Waals surface area contributed by atoms with Gasteiger partial charge >= 0.3 is 0 Å². The molecule has 94 valence electrons. The van der Waals surface area contributed by atoms with Crippen molar-refractivity contribution in [2.24, 2.45) is 5.73 Å². The Labute approximate surface area is 107 Å². The number of methoxy groups -OCH3 is 1. The lowest BCUT2D eigenvalue weighted by Gasteiger charge is -2.09. The van der Waals surface area contributed by atoms with Gasteiger partial charge in [0.15, 0.2) is 5.82 Å². The van der Waals surface area contributed by atoms with E-state index in [1.165, 1.54) is 0 Å². The van der Waals surface area contributed by atoms with Gasteiger partial charge in [-0.05, 0) is 38.1 Å². The third-order valence-corrected chi connectivity index (χ3v) is 2.97. The molecule has 0 amide bonds. The third-order valence-electron chi connectivity index (χ3n) is 2.97. The van der Waals surface area contributed by atoms with Crippen LogP contribution in [0.15, 0.2) is 24.3 Å². The second kappa shape index (κ2) is 5.14. The molecule has 0 aliphatic carbocycles. The topological polar surface area (TPSA) is 61.0 Å². The molecule has 1 aromatic carbocycles. The number of nitrogens with zero attached hydrogens (tertiary/aromatic N) is 2. The number of aryl methyl sites for hydroxylation is 2. The van der Waals surface area contributed by atoms with Gasteiger partial charge in [0.2, 0.25) is 0 Å². The number of nitrogens with two attached hydrogens (primary N) is 1. The number of hydrogen-bond acceptors (Lipinski definition) is 4. The van der Waals surface area contributed by atoms with Gasteiger partial charge in [0, 0.05) is 29.1 Å². The van der Waals surface area contributed by atoms with Crippen LogP contribution in [0.5, 0.6) is 5.75 Å². The highest BCUT2D eigenvalue weighted by molar-refractivity contribution is 5.57. The van der Waals surface area contributed by atoms with Gasteiger partial charge in [-0.3, -0.25) is 0 Å². The standard InChI is InChI=1S/C14H17N3O/c1-9-13(8-15)10(2)17-14(16-9)11-4-6-12(18-3)7-5-11/h4-7H,8,15H2,1-3H3. The highest BCUT2D eigenvalue weighted by atomic mass is 16.5. The average molecular weight is 243 g/mol. The van der Waals surface area contributed by atoms with Crippen LogP contribution in [0.3, 0.4) is 0 Å². The van der Waals surface area contributed by atoms with Gasteiger partial charge in [0.25, 0.3) is 0 Å². The lowest BCUT2D eigenvalue weighted by molar-refractivity contribution is 0.415. The van der Waals surface area contributed by atoms with Crippen molar-refractivity contribution in [2.45, 2.75) is 20.4 Å². The van der Waals surface area contributed by atoms with E-state index in [1.54, 1.807) is 7.11 Å². The summed E-state index contributed by atoms with van der Waals surface area (Å²) in [5.74, 6) is 1.55. The molecule has 0 aliphatic heterocycles. The molecule has 0 saturated heterocycles. The van der Waals surface area contributed by atoms with Gasteiger partial charge in [-0.1, -0.05) is 0 Å². The van der Waals surface area contributed by atoms with E-state index in [2.05, 4.69) is 9.97 Å². The van der Waals surface area contributed by atoms with Gasteiger partial charge < -0.3 is 10.5 Å². The maximum atomic E-state index is 5.68. The summed E-state index contributed by atoms with van der Waals surface area (Å²) >= 11 is 0. The Bertz CT molecular complexity index is 526. The fraction of sp³-hybridized carbons (Fsp3) is 0.286. The first-order valence-corrected chi connectivity index (χ1v) is 5.84. The molecule has 4 heteroatoms. The van der Waals surface area contributed by atoms with Gasteiger partial charge in [-0.15, -0.1) is 0 Å². The molecule has 0 aliphatic rings. The Kier molecular flexibility index (Phi) is 3.58. The number of ether oxygens (including phenoxy) is 1. The van der Waals surface area contributed by atoms with Gasteiger partial charge in [0.05, 0.1) is 7.11 Å². The van der Waals surface area contributed by atoms with Crippen molar-refractivity contribution in [1.29, 1.82) is 0 Å². The number of aromatic nitrogens is 2. The summed E-state index contributed by atoms with van der Waals surface area (Å²) in [5, 5.41) is 0. The van der Waals surface area contributed by atoms with Crippen LogP contribution in [0.25, 0.3) is 11.4 Å². The fourth-order valence-corrected chi connectivity index (χ4v) is 1.90. The molecular formula is C14H17N3O. The van der Waals surface area contributed by atoms with Crippen molar-refractivity contribution < 1.29 is 4.74 Å². The minimum Gasteiger partial charge on any atom is -0.497 e. The predicted molar refractivity (Wildman–Crippen MR) is 71.4 cm³/mol. The molecule has 4 nitrogen and oxygen atoms in total. The van der Waals surface area contributed by atoms with E-state index < -0.39 is 0 Å². The second-order valence-electron chi connectivity index (χ2n) is 4.13. The first kappa shape index (κ1) is 12.5. The molecule has 0 bridgehead atoms. The minimum atomic E-state index is 0.473. The van der Waals surface area contributed by atoms with Crippen LogP contribution >= 0.6 is 0 Å². The Balaban J connectivity index is 2.44. The van der Waals surface area contributed by atoms with Gasteiger partial charge in [0.1, 0.15) is 5.75 Å². The minimum absolute atomic E-state index is 0.473. The van der Waals surface area contributed by atoms with Gasteiger partial charge in [-0.25, -0.2) is 9.97 Å². The highest BCUT2D eigenvalue weighted by Gasteiger charge is 2.08. The third kappa shape index (κ3) is 2.33. The van der Waals surface area contributed by atoms with E-state index in [9.17, 15) is 0 Å². The van der Waals surface area contributed by atoms with E-state index in [4.69, 9.17) is 10.5 Å². The SMILES string of the molecule is COc1ccc(-c2nc(C)c(CN)c(C)n2)cc1. The molecule has 2 rings (SSSR count). The summed E-state index contributed by atoms with van der Waals surface area (Å²) in [7, 11) is 1.65. The first-order valence-electron chi connectivity index (χ1n) is 5.84. The molecule has 0 saturated carbocycles.